The molecule has 3 aromatic rings. The van der Waals surface area contributed by atoms with Gasteiger partial charge >= 0.3 is 0 Å². The van der Waals surface area contributed by atoms with Crippen LogP contribution in [0.25, 0.3) is 0 Å². The standard InChI is InChI=1S/C20H16N2O4/c1-13-15(12-21)19(24)22(10-9-14-6-3-2-4-7-14)20(25)17(13)18(23)16-8-5-11-26-16/h2-8,11,25H,9-10H2,1H3. The summed E-state index contributed by atoms with van der Waals surface area (Å²) in [6, 6.07) is 14.3. The quantitative estimate of drug-likeness (QED) is 0.715. The summed E-state index contributed by atoms with van der Waals surface area (Å²) in [4.78, 5) is 25.2. The minimum atomic E-state index is -0.616. The van der Waals surface area contributed by atoms with Crippen molar-refractivity contribution in [2.24, 2.45) is 0 Å². The van der Waals surface area contributed by atoms with Crippen molar-refractivity contribution in [2.45, 2.75) is 19.9 Å². The highest BCUT2D eigenvalue weighted by atomic mass is 16.3. The van der Waals surface area contributed by atoms with Crippen LogP contribution in [0.1, 0.15) is 32.8 Å². The number of aromatic hydroxyl groups is 1. The predicted molar refractivity (Wildman–Crippen MR) is 94.1 cm³/mol. The first-order valence-electron chi connectivity index (χ1n) is 8.03. The van der Waals surface area contributed by atoms with Crippen molar-refractivity contribution >= 4 is 5.78 Å². The molecular formula is C20H16N2O4. The van der Waals surface area contributed by atoms with Crippen LogP contribution in [0.15, 0.2) is 57.9 Å². The van der Waals surface area contributed by atoms with E-state index in [1.165, 1.54) is 19.3 Å². The van der Waals surface area contributed by atoms with Crippen molar-refractivity contribution in [3.05, 3.63) is 87.1 Å². The first kappa shape index (κ1) is 17.2. The molecule has 0 aliphatic heterocycles. The summed E-state index contributed by atoms with van der Waals surface area (Å²) in [6.07, 6.45) is 1.81. The number of pyridine rings is 1. The molecular weight excluding hydrogens is 332 g/mol. The largest absolute Gasteiger partial charge is 0.494 e. The molecule has 6 heteroatoms. The van der Waals surface area contributed by atoms with Gasteiger partial charge in [-0.3, -0.25) is 14.2 Å². The fourth-order valence-corrected chi connectivity index (χ4v) is 2.85. The highest BCUT2D eigenvalue weighted by Gasteiger charge is 2.26. The summed E-state index contributed by atoms with van der Waals surface area (Å²) in [5.74, 6) is -1.00. The molecule has 0 atom stereocenters. The Morgan fingerprint density at radius 1 is 1.23 bits per heavy atom. The normalized spacial score (nSPS) is 10.5. The van der Waals surface area contributed by atoms with E-state index in [4.69, 9.17) is 4.42 Å². The Labute approximate surface area is 149 Å². The molecule has 1 N–H and O–H groups in total. The summed E-state index contributed by atoms with van der Waals surface area (Å²) in [5.41, 5.74) is 0.244. The molecule has 130 valence electrons. The van der Waals surface area contributed by atoms with Crippen molar-refractivity contribution < 1.29 is 14.3 Å². The van der Waals surface area contributed by atoms with Crippen molar-refractivity contribution in [3.63, 3.8) is 0 Å². The number of aryl methyl sites for hydroxylation is 1. The van der Waals surface area contributed by atoms with Gasteiger partial charge in [0, 0.05) is 6.54 Å². The van der Waals surface area contributed by atoms with Gasteiger partial charge in [0.15, 0.2) is 5.76 Å². The Hall–Kier alpha value is -3.59. The van der Waals surface area contributed by atoms with E-state index in [0.29, 0.717) is 6.42 Å². The van der Waals surface area contributed by atoms with E-state index < -0.39 is 17.2 Å². The summed E-state index contributed by atoms with van der Waals surface area (Å²) < 4.78 is 6.17. The van der Waals surface area contributed by atoms with E-state index in [0.717, 1.165) is 10.1 Å². The first-order chi connectivity index (χ1) is 12.5. The van der Waals surface area contributed by atoms with Gasteiger partial charge in [0.05, 0.1) is 11.8 Å². The average molecular weight is 348 g/mol. The molecule has 1 aromatic carbocycles. The third-order valence-electron chi connectivity index (χ3n) is 4.24. The lowest BCUT2D eigenvalue weighted by Crippen LogP contribution is -2.27. The van der Waals surface area contributed by atoms with E-state index in [-0.39, 0.29) is 29.0 Å². The molecule has 0 bridgehead atoms. The Kier molecular flexibility index (Phi) is 4.72. The fraction of sp³-hybridized carbons (Fsp3) is 0.150. The predicted octanol–water partition coefficient (Wildman–Crippen LogP) is 2.80. The van der Waals surface area contributed by atoms with Gasteiger partial charge in [-0.1, -0.05) is 30.3 Å². The number of hydrogen-bond donors (Lipinski definition) is 1. The number of nitriles is 1. The number of ketones is 1. The molecule has 0 fully saturated rings. The van der Waals surface area contributed by atoms with Gasteiger partial charge in [0.25, 0.3) is 5.56 Å². The topological polar surface area (TPSA) is 96.2 Å². The van der Waals surface area contributed by atoms with E-state index in [1.54, 1.807) is 6.07 Å². The average Bonchev–Trinajstić information content (AvgIpc) is 3.17. The lowest BCUT2D eigenvalue weighted by Gasteiger charge is -2.15. The summed E-state index contributed by atoms with van der Waals surface area (Å²) in [6.45, 7) is 1.61. The zero-order chi connectivity index (χ0) is 18.7. The van der Waals surface area contributed by atoms with Crippen LogP contribution in [0.4, 0.5) is 0 Å². The molecule has 0 unspecified atom stereocenters. The maximum absolute atomic E-state index is 12.7. The van der Waals surface area contributed by atoms with Crippen LogP contribution in [-0.2, 0) is 13.0 Å². The number of nitrogens with zero attached hydrogens (tertiary/aromatic N) is 2. The van der Waals surface area contributed by atoms with Crippen molar-refractivity contribution in [1.82, 2.24) is 4.57 Å². The SMILES string of the molecule is Cc1c(C(=O)c2ccco2)c(O)n(CCc2ccccc2)c(=O)c1C#N. The number of aromatic nitrogens is 1. The zero-order valence-electron chi connectivity index (χ0n) is 14.1. The van der Waals surface area contributed by atoms with Crippen LogP contribution in [0.2, 0.25) is 0 Å². The minimum Gasteiger partial charge on any atom is -0.494 e. The van der Waals surface area contributed by atoms with Gasteiger partial charge in [-0.15, -0.1) is 0 Å². The highest BCUT2D eigenvalue weighted by molar-refractivity contribution is 6.09. The van der Waals surface area contributed by atoms with Crippen LogP contribution in [0, 0.1) is 18.3 Å². The van der Waals surface area contributed by atoms with E-state index in [9.17, 15) is 20.0 Å². The number of carbonyl (C=O) groups is 1. The van der Waals surface area contributed by atoms with Crippen molar-refractivity contribution in [3.8, 4) is 11.9 Å². The Bertz CT molecular complexity index is 1040. The van der Waals surface area contributed by atoms with Gasteiger partial charge < -0.3 is 9.52 Å². The minimum absolute atomic E-state index is 0.0283. The maximum atomic E-state index is 12.7. The number of furan rings is 1. The summed E-state index contributed by atoms with van der Waals surface area (Å²) in [5, 5.41) is 20.0. The lowest BCUT2D eigenvalue weighted by molar-refractivity contribution is 0.100. The number of hydrogen-bond acceptors (Lipinski definition) is 5. The van der Waals surface area contributed by atoms with Crippen molar-refractivity contribution in [2.75, 3.05) is 0 Å². The van der Waals surface area contributed by atoms with E-state index in [1.807, 2.05) is 36.4 Å². The van der Waals surface area contributed by atoms with Gasteiger partial charge in [-0.25, -0.2) is 0 Å². The molecule has 0 saturated carbocycles. The summed E-state index contributed by atoms with van der Waals surface area (Å²) in [7, 11) is 0. The summed E-state index contributed by atoms with van der Waals surface area (Å²) >= 11 is 0. The highest BCUT2D eigenvalue weighted by Crippen LogP contribution is 2.25. The number of carbonyl (C=O) groups excluding carboxylic acids is 1. The maximum Gasteiger partial charge on any atom is 0.271 e. The number of rotatable bonds is 5. The fourth-order valence-electron chi connectivity index (χ4n) is 2.85. The van der Waals surface area contributed by atoms with Gasteiger partial charge in [0.1, 0.15) is 11.6 Å². The second-order valence-corrected chi connectivity index (χ2v) is 5.81. The van der Waals surface area contributed by atoms with Crippen LogP contribution in [-0.4, -0.2) is 15.5 Å². The van der Waals surface area contributed by atoms with Gasteiger partial charge in [-0.2, -0.15) is 5.26 Å². The van der Waals surface area contributed by atoms with E-state index >= 15 is 0 Å². The monoisotopic (exact) mass is 348 g/mol. The molecule has 26 heavy (non-hydrogen) atoms. The molecule has 3 rings (SSSR count). The zero-order valence-corrected chi connectivity index (χ0v) is 14.1. The van der Waals surface area contributed by atoms with Crippen LogP contribution >= 0.6 is 0 Å². The molecule has 2 heterocycles. The Morgan fingerprint density at radius 2 is 1.96 bits per heavy atom. The molecule has 6 nitrogen and oxygen atoms in total. The molecule has 0 amide bonds. The molecule has 0 aliphatic carbocycles. The van der Waals surface area contributed by atoms with Crippen LogP contribution in [0.3, 0.4) is 0 Å². The second kappa shape index (κ2) is 7.11. The Morgan fingerprint density at radius 3 is 2.58 bits per heavy atom. The van der Waals surface area contributed by atoms with Gasteiger partial charge in [-0.05, 0) is 36.6 Å². The first-order valence-corrected chi connectivity index (χ1v) is 8.03. The molecule has 0 radical (unpaired) electrons. The number of benzene rings is 1. The van der Waals surface area contributed by atoms with Crippen LogP contribution < -0.4 is 5.56 Å². The molecule has 0 spiro atoms. The lowest BCUT2D eigenvalue weighted by atomic mass is 10.00. The van der Waals surface area contributed by atoms with Crippen LogP contribution in [0.5, 0.6) is 5.88 Å². The van der Waals surface area contributed by atoms with E-state index in [2.05, 4.69) is 0 Å². The molecule has 0 aliphatic rings. The Balaban J connectivity index is 2.10. The smallest absolute Gasteiger partial charge is 0.271 e. The molecule has 2 aromatic heterocycles. The third kappa shape index (κ3) is 3.03. The molecule has 0 saturated heterocycles. The third-order valence-corrected chi connectivity index (χ3v) is 4.24. The van der Waals surface area contributed by atoms with Gasteiger partial charge in [0.2, 0.25) is 11.7 Å². The van der Waals surface area contributed by atoms with Crippen molar-refractivity contribution in [1.29, 1.82) is 5.26 Å². The second-order valence-electron chi connectivity index (χ2n) is 5.81.